The van der Waals surface area contributed by atoms with E-state index in [1.165, 1.54) is 0 Å². The third kappa shape index (κ3) is 2.52. The normalized spacial score (nSPS) is 10.6. The lowest BCUT2D eigenvalue weighted by atomic mass is 10.3. The van der Waals surface area contributed by atoms with Crippen LogP contribution in [-0.2, 0) is 17.8 Å². The van der Waals surface area contributed by atoms with Crippen molar-refractivity contribution in [2.45, 2.75) is 19.4 Å². The van der Waals surface area contributed by atoms with Gasteiger partial charge < -0.3 is 10.5 Å². The number of rotatable bonds is 5. The van der Waals surface area contributed by atoms with E-state index in [9.17, 15) is 4.79 Å². The molecule has 0 unspecified atom stereocenters. The monoisotopic (exact) mass is 253 g/mol. The van der Waals surface area contributed by atoms with E-state index in [4.69, 9.17) is 5.73 Å². The van der Waals surface area contributed by atoms with Crippen molar-refractivity contribution in [3.63, 3.8) is 0 Å². The lowest BCUT2D eigenvalue weighted by Gasteiger charge is -1.88. The largest absolute Gasteiger partial charge is 0.325 e. The van der Waals surface area contributed by atoms with Crippen molar-refractivity contribution in [3.8, 4) is 9.88 Å². The fraction of sp³-hybridized carbons (Fsp3) is 0.300. The zero-order chi connectivity index (χ0) is 11.4. The van der Waals surface area contributed by atoms with E-state index in [1.807, 2.05) is 5.38 Å². The van der Waals surface area contributed by atoms with Crippen LogP contribution in [0, 0.1) is 0 Å². The van der Waals surface area contributed by atoms with Gasteiger partial charge in [0.2, 0.25) is 0 Å². The van der Waals surface area contributed by atoms with Crippen LogP contribution in [0.3, 0.4) is 0 Å². The zero-order valence-corrected chi connectivity index (χ0v) is 10.2. The summed E-state index contributed by atoms with van der Waals surface area (Å²) in [6, 6.07) is 0. The molecule has 4 nitrogen and oxygen atoms in total. The standard InChI is InChI=1S/C10H11N3OS2/c11-4-9-12-5-8(16-9)10-13-7(6-15-10)2-1-3-14/h3,5-6H,1-2,4,11H2. The summed E-state index contributed by atoms with van der Waals surface area (Å²) in [5.41, 5.74) is 6.47. The van der Waals surface area contributed by atoms with Crippen LogP contribution in [0.4, 0.5) is 0 Å². The molecule has 0 spiro atoms. The summed E-state index contributed by atoms with van der Waals surface area (Å²) in [5.74, 6) is 0. The van der Waals surface area contributed by atoms with E-state index in [1.54, 1.807) is 28.9 Å². The fourth-order valence-corrected chi connectivity index (χ4v) is 2.95. The Hall–Kier alpha value is -1.11. The van der Waals surface area contributed by atoms with Crippen molar-refractivity contribution in [1.82, 2.24) is 9.97 Å². The second-order valence-corrected chi connectivity index (χ2v) is 5.15. The van der Waals surface area contributed by atoms with Gasteiger partial charge in [-0.05, 0) is 6.42 Å². The molecule has 2 aromatic rings. The van der Waals surface area contributed by atoms with E-state index < -0.39 is 0 Å². The van der Waals surface area contributed by atoms with Crippen molar-refractivity contribution in [2.75, 3.05) is 0 Å². The second-order valence-electron chi connectivity index (χ2n) is 3.17. The fourth-order valence-electron chi connectivity index (χ4n) is 1.25. The molecular formula is C10H11N3OS2. The minimum Gasteiger partial charge on any atom is -0.325 e. The smallest absolute Gasteiger partial charge is 0.135 e. The molecule has 2 N–H and O–H groups in total. The summed E-state index contributed by atoms with van der Waals surface area (Å²) < 4.78 is 0. The summed E-state index contributed by atoms with van der Waals surface area (Å²) >= 11 is 3.14. The van der Waals surface area contributed by atoms with E-state index >= 15 is 0 Å². The van der Waals surface area contributed by atoms with Crippen molar-refractivity contribution >= 4 is 29.0 Å². The van der Waals surface area contributed by atoms with Crippen LogP contribution >= 0.6 is 22.7 Å². The van der Waals surface area contributed by atoms with Crippen molar-refractivity contribution in [3.05, 3.63) is 22.3 Å². The Morgan fingerprint density at radius 2 is 2.38 bits per heavy atom. The molecule has 0 bridgehead atoms. The van der Waals surface area contributed by atoms with Gasteiger partial charge >= 0.3 is 0 Å². The summed E-state index contributed by atoms with van der Waals surface area (Å²) in [6.07, 6.45) is 3.95. The van der Waals surface area contributed by atoms with E-state index in [2.05, 4.69) is 9.97 Å². The lowest BCUT2D eigenvalue weighted by Crippen LogP contribution is -1.93. The highest BCUT2D eigenvalue weighted by Crippen LogP contribution is 2.29. The van der Waals surface area contributed by atoms with Gasteiger partial charge in [0, 0.05) is 24.5 Å². The van der Waals surface area contributed by atoms with Crippen LogP contribution in [0.2, 0.25) is 0 Å². The predicted octanol–water partition coefficient (Wildman–Crippen LogP) is 1.86. The van der Waals surface area contributed by atoms with Crippen molar-refractivity contribution < 1.29 is 4.79 Å². The SMILES string of the molecule is NCc1ncc(-c2nc(CCC=O)cs2)s1. The molecule has 0 fully saturated rings. The van der Waals surface area contributed by atoms with Gasteiger partial charge in [0.1, 0.15) is 16.3 Å². The number of carbonyl (C=O) groups excluding carboxylic acids is 1. The topological polar surface area (TPSA) is 68.9 Å². The maximum Gasteiger partial charge on any atom is 0.135 e. The molecule has 16 heavy (non-hydrogen) atoms. The minimum atomic E-state index is 0.466. The third-order valence-corrected chi connectivity index (χ3v) is 4.09. The molecule has 2 aromatic heterocycles. The van der Waals surface area contributed by atoms with Gasteiger partial charge in [0.15, 0.2) is 0 Å². The zero-order valence-electron chi connectivity index (χ0n) is 8.55. The number of thiazole rings is 2. The van der Waals surface area contributed by atoms with Gasteiger partial charge in [-0.3, -0.25) is 0 Å². The molecule has 84 valence electrons. The Labute approximate surface area is 101 Å². The predicted molar refractivity (Wildman–Crippen MR) is 65.5 cm³/mol. The van der Waals surface area contributed by atoms with E-state index in [0.717, 1.165) is 26.9 Å². The van der Waals surface area contributed by atoms with Crippen LogP contribution < -0.4 is 5.73 Å². The first kappa shape index (κ1) is 11.4. The second kappa shape index (κ2) is 5.29. The summed E-state index contributed by atoms with van der Waals surface area (Å²) in [6.45, 7) is 0.466. The number of nitrogens with zero attached hydrogens (tertiary/aromatic N) is 2. The molecule has 0 aromatic carbocycles. The molecule has 0 radical (unpaired) electrons. The highest BCUT2D eigenvalue weighted by Gasteiger charge is 2.08. The summed E-state index contributed by atoms with van der Waals surface area (Å²) in [7, 11) is 0. The van der Waals surface area contributed by atoms with Gasteiger partial charge in [-0.25, -0.2) is 9.97 Å². The quantitative estimate of drug-likeness (QED) is 0.826. The Balaban J connectivity index is 2.14. The number of aryl methyl sites for hydroxylation is 1. The first-order chi connectivity index (χ1) is 7.83. The van der Waals surface area contributed by atoms with Gasteiger partial charge in [-0.15, -0.1) is 22.7 Å². The number of aromatic nitrogens is 2. The molecule has 0 aliphatic rings. The number of hydrogen-bond acceptors (Lipinski definition) is 6. The van der Waals surface area contributed by atoms with Gasteiger partial charge in [0.05, 0.1) is 10.6 Å². The van der Waals surface area contributed by atoms with Crippen LogP contribution in [0.25, 0.3) is 9.88 Å². The maximum atomic E-state index is 10.3. The van der Waals surface area contributed by atoms with Gasteiger partial charge in [-0.1, -0.05) is 0 Å². The van der Waals surface area contributed by atoms with Gasteiger partial charge in [-0.2, -0.15) is 0 Å². The molecule has 0 saturated heterocycles. The Morgan fingerprint density at radius 3 is 3.06 bits per heavy atom. The molecule has 6 heteroatoms. The van der Waals surface area contributed by atoms with E-state index in [-0.39, 0.29) is 0 Å². The average Bonchev–Trinajstić information content (AvgIpc) is 2.94. The minimum absolute atomic E-state index is 0.466. The highest BCUT2D eigenvalue weighted by molar-refractivity contribution is 7.20. The number of carbonyl (C=O) groups is 1. The first-order valence-corrected chi connectivity index (χ1v) is 6.56. The van der Waals surface area contributed by atoms with E-state index in [0.29, 0.717) is 19.4 Å². The Kier molecular flexibility index (Phi) is 3.76. The summed E-state index contributed by atoms with van der Waals surface area (Å²) in [5, 5.41) is 3.86. The molecule has 2 rings (SSSR count). The number of nitrogens with two attached hydrogens (primary N) is 1. The number of aldehydes is 1. The number of hydrogen-bond donors (Lipinski definition) is 1. The highest BCUT2D eigenvalue weighted by atomic mass is 32.1. The van der Waals surface area contributed by atoms with Gasteiger partial charge in [0.25, 0.3) is 0 Å². The van der Waals surface area contributed by atoms with Crippen LogP contribution in [0.15, 0.2) is 11.6 Å². The molecule has 0 amide bonds. The molecule has 0 saturated carbocycles. The molecule has 0 aliphatic heterocycles. The molecule has 0 aliphatic carbocycles. The molecule has 0 atom stereocenters. The van der Waals surface area contributed by atoms with Crippen LogP contribution in [0.5, 0.6) is 0 Å². The summed E-state index contributed by atoms with van der Waals surface area (Å²) in [4.78, 5) is 19.9. The molecular weight excluding hydrogens is 242 g/mol. The van der Waals surface area contributed by atoms with Crippen molar-refractivity contribution in [1.29, 1.82) is 0 Å². The Morgan fingerprint density at radius 1 is 1.50 bits per heavy atom. The van der Waals surface area contributed by atoms with Crippen LogP contribution in [0.1, 0.15) is 17.1 Å². The lowest BCUT2D eigenvalue weighted by molar-refractivity contribution is -0.107. The first-order valence-electron chi connectivity index (χ1n) is 4.86. The maximum absolute atomic E-state index is 10.3. The molecule has 2 heterocycles. The van der Waals surface area contributed by atoms with Crippen LogP contribution in [-0.4, -0.2) is 16.3 Å². The average molecular weight is 253 g/mol. The third-order valence-electron chi connectivity index (χ3n) is 2.01. The Bertz CT molecular complexity index is 478. The van der Waals surface area contributed by atoms with Crippen molar-refractivity contribution in [2.24, 2.45) is 5.73 Å².